The van der Waals surface area contributed by atoms with Gasteiger partial charge in [-0.05, 0) is 109 Å². The molecular weight excluding hydrogens is 1010 g/mol. The molecule has 1 aromatic rings. The molecule has 1 aromatic heterocycles. The van der Waals surface area contributed by atoms with Crippen LogP contribution in [-0.2, 0) is 44.7 Å². The summed E-state index contributed by atoms with van der Waals surface area (Å²) < 4.78 is 12.5. The number of allylic oxidation sites excluding steroid dienone is 5. The smallest absolute Gasteiger partial charge is 0.325 e. The van der Waals surface area contributed by atoms with Crippen molar-refractivity contribution in [2.24, 2.45) is 41.4 Å². The topological polar surface area (TPSA) is 266 Å². The predicted molar refractivity (Wildman–Crippen MR) is 304 cm³/mol. The quantitative estimate of drug-likeness (QED) is 0.0745. The maximum atomic E-state index is 14.1. The van der Waals surface area contributed by atoms with Crippen molar-refractivity contribution in [3.63, 3.8) is 0 Å². The van der Waals surface area contributed by atoms with Crippen molar-refractivity contribution in [1.29, 1.82) is 0 Å². The van der Waals surface area contributed by atoms with Gasteiger partial charge in [0.25, 0.3) is 5.91 Å². The van der Waals surface area contributed by atoms with Gasteiger partial charge in [0.05, 0.1) is 30.3 Å². The number of amides is 4. The molecule has 15 atom stereocenters. The summed E-state index contributed by atoms with van der Waals surface area (Å²) in [5, 5.41) is 43.0. The van der Waals surface area contributed by atoms with Gasteiger partial charge >= 0.3 is 5.97 Å². The van der Waals surface area contributed by atoms with Gasteiger partial charge in [0, 0.05) is 67.7 Å². The number of esters is 1. The highest BCUT2D eigenvalue weighted by atomic mass is 16.5. The number of piperidine rings is 1. The molecule has 440 valence electrons. The largest absolute Gasteiger partial charge is 0.456 e. The number of H-pyrrole nitrogens is 1. The molecule has 4 amide bonds. The van der Waals surface area contributed by atoms with Crippen LogP contribution < -0.4 is 26.9 Å². The van der Waals surface area contributed by atoms with E-state index in [0.29, 0.717) is 31.4 Å². The number of aromatic amines is 1. The second-order valence-electron chi connectivity index (χ2n) is 22.8. The lowest BCUT2D eigenvalue weighted by Gasteiger charge is -2.51. The Bertz CT molecular complexity index is 2430. The highest BCUT2D eigenvalue weighted by Crippen LogP contribution is 2.43. The first-order valence-electron chi connectivity index (χ1n) is 28.7. The van der Waals surface area contributed by atoms with Crippen molar-refractivity contribution >= 4 is 35.4 Å². The molecule has 0 radical (unpaired) electrons. The van der Waals surface area contributed by atoms with Crippen LogP contribution in [0.1, 0.15) is 153 Å². The summed E-state index contributed by atoms with van der Waals surface area (Å²) in [6, 6.07) is 1.21. The number of fused-ring (bicyclic) bond motifs is 2. The van der Waals surface area contributed by atoms with Crippen LogP contribution in [0, 0.1) is 41.4 Å². The van der Waals surface area contributed by atoms with Gasteiger partial charge < -0.3 is 50.5 Å². The first kappa shape index (κ1) is 66.0. The lowest BCUT2D eigenvalue weighted by Crippen LogP contribution is -2.64. The highest BCUT2D eigenvalue weighted by molar-refractivity contribution is 5.93. The van der Waals surface area contributed by atoms with Crippen LogP contribution in [0.5, 0.6) is 0 Å². The van der Waals surface area contributed by atoms with Gasteiger partial charge in [0.15, 0.2) is 5.72 Å². The number of nitrogens with one attached hydrogen (secondary N) is 5. The summed E-state index contributed by atoms with van der Waals surface area (Å²) in [4.78, 5) is 94.6. The molecule has 0 aliphatic carbocycles. The molecule has 5 rings (SSSR count). The number of pyridine rings is 1. The van der Waals surface area contributed by atoms with Crippen molar-refractivity contribution < 1.29 is 53.6 Å². The Morgan fingerprint density at radius 2 is 1.70 bits per heavy atom. The van der Waals surface area contributed by atoms with E-state index in [1.807, 2.05) is 26.8 Å². The van der Waals surface area contributed by atoms with Crippen LogP contribution in [0.25, 0.3) is 0 Å². The van der Waals surface area contributed by atoms with Crippen molar-refractivity contribution in [3.05, 3.63) is 94.0 Å². The average Bonchev–Trinajstić information content (AvgIpc) is 3.48. The van der Waals surface area contributed by atoms with Crippen molar-refractivity contribution in [2.75, 3.05) is 6.54 Å². The van der Waals surface area contributed by atoms with E-state index in [1.54, 1.807) is 45.1 Å². The fourth-order valence-corrected chi connectivity index (χ4v) is 10.8. The maximum absolute atomic E-state index is 14.1. The van der Waals surface area contributed by atoms with Crippen molar-refractivity contribution in [3.8, 4) is 0 Å². The number of carbonyl (C=O) groups excluding carboxylic acids is 6. The number of cyclic esters (lactones) is 1. The van der Waals surface area contributed by atoms with Crippen LogP contribution in [0.15, 0.2) is 82.7 Å². The second-order valence-corrected chi connectivity index (χ2v) is 22.8. The molecule has 5 heterocycles. The fourth-order valence-electron chi connectivity index (χ4n) is 10.8. The molecule has 2 saturated heterocycles. The number of hydrogen-bond donors (Lipinski definition) is 8. The lowest BCUT2D eigenvalue weighted by molar-refractivity contribution is -0.179. The first-order chi connectivity index (χ1) is 37.4. The van der Waals surface area contributed by atoms with Crippen molar-refractivity contribution in [1.82, 2.24) is 31.4 Å². The highest BCUT2D eigenvalue weighted by Gasteiger charge is 2.51. The molecule has 4 aliphatic heterocycles. The number of ketones is 1. The third-order valence-electron chi connectivity index (χ3n) is 16.3. The zero-order valence-electron chi connectivity index (χ0n) is 49.0. The summed E-state index contributed by atoms with van der Waals surface area (Å²) in [6.07, 6.45) is 16.5. The van der Waals surface area contributed by atoms with Gasteiger partial charge in [-0.3, -0.25) is 33.8 Å². The molecular formula is C61H94N6O12. The Morgan fingerprint density at radius 1 is 0.975 bits per heavy atom. The van der Waals surface area contributed by atoms with E-state index < -0.39 is 95.3 Å². The summed E-state index contributed by atoms with van der Waals surface area (Å²) in [7, 11) is 0. The molecule has 1 spiro atoms. The monoisotopic (exact) mass is 1100 g/mol. The van der Waals surface area contributed by atoms with Crippen LogP contribution in [0.3, 0.4) is 0 Å². The number of aromatic nitrogens is 1. The van der Waals surface area contributed by atoms with Crippen LogP contribution in [0.4, 0.5) is 0 Å². The molecule has 79 heavy (non-hydrogen) atoms. The third kappa shape index (κ3) is 18.8. The van der Waals surface area contributed by atoms with E-state index in [1.165, 1.54) is 30.1 Å². The van der Waals surface area contributed by atoms with Gasteiger partial charge in [-0.1, -0.05) is 103 Å². The minimum Gasteiger partial charge on any atom is -0.456 e. The normalized spacial score (nSPS) is 32.5. The van der Waals surface area contributed by atoms with Gasteiger partial charge in [0.1, 0.15) is 30.0 Å². The lowest BCUT2D eigenvalue weighted by atomic mass is 9.75. The number of ether oxygens (including phenoxy) is 2. The van der Waals surface area contributed by atoms with Gasteiger partial charge in [0.2, 0.25) is 23.3 Å². The number of rotatable bonds is 14. The summed E-state index contributed by atoms with van der Waals surface area (Å²) in [5.41, 5.74) is 4.15. The number of aliphatic hydroxyl groups is 3. The number of aliphatic hydroxyl groups excluding tert-OH is 3. The zero-order chi connectivity index (χ0) is 58.7. The summed E-state index contributed by atoms with van der Waals surface area (Å²) >= 11 is 0. The molecule has 2 fully saturated rings. The molecule has 4 aliphatic rings. The van der Waals surface area contributed by atoms with E-state index in [9.17, 15) is 48.9 Å². The molecule has 8 N–H and O–H groups in total. The zero-order valence-corrected chi connectivity index (χ0v) is 49.0. The minimum atomic E-state index is -1.39. The molecule has 1 unspecified atom stereocenters. The van der Waals surface area contributed by atoms with Gasteiger partial charge in [-0.2, -0.15) is 0 Å². The standard InChI is InChI=1S/C38H55N5O9.C23H39NO3/c1-7-23(4)31-16-10-8-9-15-30(45)25(6)34(47)27(19-18-24(5)44)35(48)41-33(22(2)3)36(49)40-29(21-26-13-11-17-32(46)39-26)37(50)43-20-12-14-28(42-43)38(51)52-31;1-7-9-10-11-15(3)20(25)14-21-16(4)12-17(5)23(27-21)18(6)13-19(8-2)22(26)24-23/h7-11,13,15,17,22,25,27-31,33-34,42,45,47H,12,14,16,18-21H2,1-6H3,(H,39,46)(H,40,49)(H,41,48);7,9,12,15-16,18-21,25H,8,10-11,13-14H2,1-6H3,(H,24,26)/b10-8+,15-9+,23-7+;9-7+/t25-,27+,28?,29-,30-,31-,33-,34+;15-,16+,18-,19-,20-,21-,23-/m00/s1. The maximum Gasteiger partial charge on any atom is 0.325 e. The fraction of sp³-hybridized carbons (Fsp3) is 0.656. The molecule has 2 bridgehead atoms. The Hall–Kier alpha value is -5.53. The van der Waals surface area contributed by atoms with E-state index in [4.69, 9.17) is 9.47 Å². The Morgan fingerprint density at radius 3 is 2.34 bits per heavy atom. The summed E-state index contributed by atoms with van der Waals surface area (Å²) in [5.74, 6) is -4.34. The molecule has 18 nitrogen and oxygen atoms in total. The van der Waals surface area contributed by atoms with Gasteiger partial charge in [-0.25, -0.2) is 5.43 Å². The van der Waals surface area contributed by atoms with Crippen molar-refractivity contribution in [2.45, 2.75) is 208 Å². The van der Waals surface area contributed by atoms with Gasteiger partial charge in [-0.15, -0.1) is 0 Å². The Balaban J connectivity index is 0.000000416. The average molecular weight is 1100 g/mol. The molecule has 0 aromatic carbocycles. The van der Waals surface area contributed by atoms with Crippen LogP contribution >= 0.6 is 0 Å². The number of Topliss-reactive ketones (excluding diaryl/α,β-unsaturated/α-hetero) is 1. The van der Waals surface area contributed by atoms with E-state index in [0.717, 1.165) is 36.8 Å². The molecule has 18 heteroatoms. The van der Waals surface area contributed by atoms with E-state index in [2.05, 4.69) is 79.2 Å². The minimum absolute atomic E-state index is 0.0118. The third-order valence-corrected chi connectivity index (χ3v) is 16.3. The number of hydrogen-bond acceptors (Lipinski definition) is 13. The number of nitrogens with zero attached hydrogens (tertiary/aromatic N) is 1. The van der Waals surface area contributed by atoms with E-state index in [-0.39, 0.29) is 67.3 Å². The number of carbonyl (C=O) groups is 6. The van der Waals surface area contributed by atoms with Crippen LogP contribution in [0.2, 0.25) is 0 Å². The van der Waals surface area contributed by atoms with Crippen LogP contribution in [-0.4, -0.2) is 122 Å². The first-order valence-corrected chi connectivity index (χ1v) is 28.7. The SMILES string of the molecule is C/C=C(\C)[C@@H]1C/C=C/C=C/[C@H](O)[C@H](C)[C@@H](O)[C@@H](CCC(C)=O)C(=O)N[C@@H](C(C)C)C(=O)N[C@@H](Cc2cccc(=O)[nH]2)C(=O)N2CCCC(N2)C(=O)O1.C/C=C/CC[C@H](C)[C@@H](O)C[C@@H]1O[C@@]2(NC(=O)[C@@H](CC)C[C@@H]2C)C(C)=C[C@H]1C. The summed E-state index contributed by atoms with van der Waals surface area (Å²) in [6.45, 7) is 22.8. The molecule has 0 saturated carbocycles. The van der Waals surface area contributed by atoms with E-state index >= 15 is 0 Å². The Kier molecular flexibility index (Phi) is 26.3. The number of hydrazine groups is 1. The second kappa shape index (κ2) is 31.5. The predicted octanol–water partition coefficient (Wildman–Crippen LogP) is 6.37. The Labute approximate surface area is 468 Å².